The van der Waals surface area contributed by atoms with Gasteiger partial charge in [0.2, 0.25) is 0 Å². The Kier molecular flexibility index (Phi) is 8.00. The van der Waals surface area contributed by atoms with Gasteiger partial charge in [-0.1, -0.05) is 47.5 Å². The molecule has 7 nitrogen and oxygen atoms in total. The van der Waals surface area contributed by atoms with E-state index in [2.05, 4.69) is 16.2 Å². The molecule has 0 atom stereocenters. The number of hydrazine groups is 1. The minimum absolute atomic E-state index is 0.0985. The molecular formula is C21H23Cl2N4O3+. The van der Waals surface area contributed by atoms with E-state index < -0.39 is 11.8 Å². The molecule has 9 heteroatoms. The van der Waals surface area contributed by atoms with E-state index in [1.54, 1.807) is 42.5 Å². The summed E-state index contributed by atoms with van der Waals surface area (Å²) in [6.07, 6.45) is 1.40. The smallest absolute Gasteiger partial charge is 0.293 e. The van der Waals surface area contributed by atoms with Crippen LogP contribution in [0.25, 0.3) is 6.08 Å². The summed E-state index contributed by atoms with van der Waals surface area (Å²) in [5.74, 6) is -1.58. The summed E-state index contributed by atoms with van der Waals surface area (Å²) in [7, 11) is 5.53. The summed E-state index contributed by atoms with van der Waals surface area (Å²) in [5, 5.41) is 3.29. The minimum atomic E-state index is -0.708. The van der Waals surface area contributed by atoms with Crippen LogP contribution in [0.5, 0.6) is 0 Å². The number of amides is 3. The van der Waals surface area contributed by atoms with Crippen molar-refractivity contribution in [1.29, 1.82) is 0 Å². The van der Waals surface area contributed by atoms with Crippen LogP contribution in [0.3, 0.4) is 0 Å². The summed E-state index contributed by atoms with van der Waals surface area (Å²) in [6.45, 7) is 0.152. The first-order valence-corrected chi connectivity index (χ1v) is 9.73. The lowest BCUT2D eigenvalue weighted by atomic mass is 10.1. The topological polar surface area (TPSA) is 87.3 Å². The Hall–Kier alpha value is -2.87. The fourth-order valence-corrected chi connectivity index (χ4v) is 2.84. The van der Waals surface area contributed by atoms with Gasteiger partial charge in [0.1, 0.15) is 5.70 Å². The average molecular weight is 450 g/mol. The fraction of sp³-hybridized carbons (Fsp3) is 0.190. The Morgan fingerprint density at radius 2 is 1.63 bits per heavy atom. The van der Waals surface area contributed by atoms with Crippen LogP contribution in [0.1, 0.15) is 15.9 Å². The first-order valence-electron chi connectivity index (χ1n) is 8.98. The standard InChI is InChI=1S/C21H22Cl2N4O3/c1-27(2,3)13-19(28)25-26-21(30)18(11-15-9-10-16(22)12-17(15)23)24-20(29)14-7-5-4-6-8-14/h4-12H,13H2,1-3H3,(H2-,24,25,26,28,29,30)/p+1/b18-11-. The second-order valence-corrected chi connectivity index (χ2v) is 8.34. The normalized spacial score (nSPS) is 11.6. The highest BCUT2D eigenvalue weighted by molar-refractivity contribution is 6.35. The summed E-state index contributed by atoms with van der Waals surface area (Å²) in [6, 6.07) is 13.2. The molecule has 2 rings (SSSR count). The molecule has 3 amide bonds. The number of carbonyl (C=O) groups is 3. The van der Waals surface area contributed by atoms with Gasteiger partial charge in [-0.3, -0.25) is 25.2 Å². The van der Waals surface area contributed by atoms with Gasteiger partial charge in [-0.2, -0.15) is 0 Å². The van der Waals surface area contributed by atoms with E-state index in [-0.39, 0.29) is 18.1 Å². The average Bonchev–Trinajstić information content (AvgIpc) is 2.66. The zero-order valence-corrected chi connectivity index (χ0v) is 18.3. The number of carbonyl (C=O) groups excluding carboxylic acids is 3. The van der Waals surface area contributed by atoms with Crippen LogP contribution in [-0.2, 0) is 9.59 Å². The van der Waals surface area contributed by atoms with Crippen molar-refractivity contribution in [2.75, 3.05) is 27.7 Å². The van der Waals surface area contributed by atoms with Gasteiger partial charge in [0.15, 0.2) is 6.54 Å². The summed E-state index contributed by atoms with van der Waals surface area (Å²) in [5.41, 5.74) is 5.39. The van der Waals surface area contributed by atoms with Gasteiger partial charge >= 0.3 is 0 Å². The summed E-state index contributed by atoms with van der Waals surface area (Å²) < 4.78 is 0.384. The largest absolute Gasteiger partial charge is 0.323 e. The van der Waals surface area contributed by atoms with Crippen LogP contribution in [0.4, 0.5) is 0 Å². The van der Waals surface area contributed by atoms with Gasteiger partial charge in [-0.15, -0.1) is 0 Å². The number of hydrogen-bond donors (Lipinski definition) is 3. The Morgan fingerprint density at radius 3 is 2.23 bits per heavy atom. The quantitative estimate of drug-likeness (QED) is 0.359. The molecule has 0 saturated heterocycles. The second kappa shape index (κ2) is 10.2. The predicted octanol–water partition coefficient (Wildman–Crippen LogP) is 2.62. The molecule has 0 radical (unpaired) electrons. The molecule has 2 aromatic rings. The van der Waals surface area contributed by atoms with E-state index in [9.17, 15) is 14.4 Å². The third-order valence-corrected chi connectivity index (χ3v) is 4.29. The van der Waals surface area contributed by atoms with E-state index >= 15 is 0 Å². The molecule has 0 unspecified atom stereocenters. The molecule has 0 aliphatic carbocycles. The molecule has 0 fully saturated rings. The SMILES string of the molecule is C[N+](C)(C)CC(=O)NNC(=O)/C(=C/c1ccc(Cl)cc1Cl)NC(=O)c1ccccc1. The summed E-state index contributed by atoms with van der Waals surface area (Å²) >= 11 is 12.1. The van der Waals surface area contributed by atoms with Gasteiger partial charge in [0.05, 0.1) is 21.1 Å². The van der Waals surface area contributed by atoms with Crippen molar-refractivity contribution in [3.05, 3.63) is 75.4 Å². The van der Waals surface area contributed by atoms with Gasteiger partial charge < -0.3 is 9.80 Å². The highest BCUT2D eigenvalue weighted by Gasteiger charge is 2.18. The fourth-order valence-electron chi connectivity index (χ4n) is 2.38. The maximum Gasteiger partial charge on any atom is 0.293 e. The van der Waals surface area contributed by atoms with Gasteiger partial charge in [-0.25, -0.2) is 0 Å². The second-order valence-electron chi connectivity index (χ2n) is 7.49. The Morgan fingerprint density at radius 1 is 0.967 bits per heavy atom. The predicted molar refractivity (Wildman–Crippen MR) is 118 cm³/mol. The van der Waals surface area contributed by atoms with Crippen LogP contribution < -0.4 is 16.2 Å². The van der Waals surface area contributed by atoms with Crippen LogP contribution in [0, 0.1) is 0 Å². The Bertz CT molecular complexity index is 970. The van der Waals surface area contributed by atoms with Crippen molar-refractivity contribution >= 4 is 47.0 Å². The van der Waals surface area contributed by atoms with E-state index in [1.807, 2.05) is 21.1 Å². The number of nitrogens with zero attached hydrogens (tertiary/aromatic N) is 1. The van der Waals surface area contributed by atoms with Crippen LogP contribution in [0.15, 0.2) is 54.2 Å². The van der Waals surface area contributed by atoms with Crippen molar-refractivity contribution < 1.29 is 18.9 Å². The molecule has 2 aromatic carbocycles. The molecule has 0 aliphatic rings. The lowest BCUT2D eigenvalue weighted by molar-refractivity contribution is -0.862. The molecule has 0 saturated carbocycles. The van der Waals surface area contributed by atoms with E-state index in [1.165, 1.54) is 12.1 Å². The molecule has 0 heterocycles. The third kappa shape index (κ3) is 7.51. The van der Waals surface area contributed by atoms with Gasteiger partial charge in [-0.05, 0) is 35.9 Å². The number of likely N-dealkylation sites (N-methyl/N-ethyl adjacent to an activating group) is 1. The first kappa shape index (κ1) is 23.4. The monoisotopic (exact) mass is 449 g/mol. The Balaban J connectivity index is 2.24. The summed E-state index contributed by atoms with van der Waals surface area (Å²) in [4.78, 5) is 37.2. The first-order chi connectivity index (χ1) is 14.0. The zero-order chi connectivity index (χ0) is 22.3. The van der Waals surface area contributed by atoms with E-state index in [0.29, 0.717) is 25.7 Å². The highest BCUT2D eigenvalue weighted by Crippen LogP contribution is 2.23. The number of rotatable bonds is 6. The van der Waals surface area contributed by atoms with Gasteiger partial charge in [0, 0.05) is 15.6 Å². The van der Waals surface area contributed by atoms with Crippen molar-refractivity contribution in [3.63, 3.8) is 0 Å². The van der Waals surface area contributed by atoms with Crippen LogP contribution in [0.2, 0.25) is 10.0 Å². The molecule has 158 valence electrons. The molecule has 0 aromatic heterocycles. The third-order valence-electron chi connectivity index (χ3n) is 3.72. The van der Waals surface area contributed by atoms with Crippen molar-refractivity contribution in [2.45, 2.75) is 0 Å². The number of hydrogen-bond acceptors (Lipinski definition) is 3. The lowest BCUT2D eigenvalue weighted by Crippen LogP contribution is -2.51. The van der Waals surface area contributed by atoms with Crippen molar-refractivity contribution in [3.8, 4) is 0 Å². The number of benzene rings is 2. The molecule has 0 aliphatic heterocycles. The zero-order valence-electron chi connectivity index (χ0n) is 16.8. The lowest BCUT2D eigenvalue weighted by Gasteiger charge is -2.23. The van der Waals surface area contributed by atoms with Crippen molar-refractivity contribution in [2.24, 2.45) is 0 Å². The van der Waals surface area contributed by atoms with E-state index in [4.69, 9.17) is 23.2 Å². The molecule has 3 N–H and O–H groups in total. The maximum atomic E-state index is 12.7. The molecular weight excluding hydrogens is 427 g/mol. The van der Waals surface area contributed by atoms with Crippen molar-refractivity contribution in [1.82, 2.24) is 16.2 Å². The number of quaternary nitrogens is 1. The molecule has 0 spiro atoms. The number of halogens is 2. The van der Waals surface area contributed by atoms with Crippen LogP contribution >= 0.6 is 23.2 Å². The Labute approximate surface area is 185 Å². The minimum Gasteiger partial charge on any atom is -0.323 e. The maximum absolute atomic E-state index is 12.7. The number of nitrogens with one attached hydrogen (secondary N) is 3. The molecule has 0 bridgehead atoms. The van der Waals surface area contributed by atoms with Gasteiger partial charge in [0.25, 0.3) is 17.7 Å². The highest BCUT2D eigenvalue weighted by atomic mass is 35.5. The molecule has 30 heavy (non-hydrogen) atoms. The van der Waals surface area contributed by atoms with Crippen LogP contribution in [-0.4, -0.2) is 49.9 Å². The van der Waals surface area contributed by atoms with E-state index in [0.717, 1.165) is 0 Å².